The number of methoxy groups -OCH3 is 1. The summed E-state index contributed by atoms with van der Waals surface area (Å²) >= 11 is 0. The number of para-hydroxylation sites is 2. The van der Waals surface area contributed by atoms with Crippen LogP contribution in [0.2, 0.25) is 0 Å². The summed E-state index contributed by atoms with van der Waals surface area (Å²) in [5, 5.41) is 20.3. The fourth-order valence-electron chi connectivity index (χ4n) is 2.75. The van der Waals surface area contributed by atoms with Crippen LogP contribution in [0.1, 0.15) is 5.56 Å². The van der Waals surface area contributed by atoms with Crippen molar-refractivity contribution in [1.29, 1.82) is 0 Å². The first kappa shape index (κ1) is 20.6. The zero-order valence-corrected chi connectivity index (χ0v) is 17.2. The molecule has 0 fully saturated rings. The number of rotatable bonds is 8. The van der Waals surface area contributed by atoms with E-state index in [0.717, 1.165) is 17.1 Å². The Hall–Kier alpha value is -4.66. The van der Waals surface area contributed by atoms with Crippen LogP contribution in [0.4, 0.5) is 29.2 Å². The number of hydrogen-bond acceptors (Lipinski definition) is 9. The van der Waals surface area contributed by atoms with Gasteiger partial charge < -0.3 is 20.5 Å². The van der Waals surface area contributed by atoms with Crippen LogP contribution in [-0.2, 0) is 0 Å². The lowest BCUT2D eigenvalue weighted by Crippen LogP contribution is -2.07. The lowest BCUT2D eigenvalue weighted by atomic mass is 10.2. The molecule has 4 aromatic rings. The lowest BCUT2D eigenvalue weighted by Gasteiger charge is -2.10. The second-order valence-electron chi connectivity index (χ2n) is 6.58. The second-order valence-corrected chi connectivity index (χ2v) is 6.58. The summed E-state index contributed by atoms with van der Waals surface area (Å²) in [6, 6.07) is 23.8. The van der Waals surface area contributed by atoms with Gasteiger partial charge >= 0.3 is 0 Å². The standard InChI is InChI=1S/C23H21N7O2/c1-32-19-13-11-18(12-14-19)26-22-27-21(25-17-8-3-2-4-9-17)28-23(29-22)30-24-15-16-7-5-6-10-20(16)31/h2-15,31H,1H3,(H3,25,26,27,28,29,30)/b24-15+. The van der Waals surface area contributed by atoms with Gasteiger partial charge in [-0.3, -0.25) is 0 Å². The molecule has 0 amide bonds. The smallest absolute Gasteiger partial charge is 0.250 e. The van der Waals surface area contributed by atoms with Crippen LogP contribution in [0.3, 0.4) is 0 Å². The highest BCUT2D eigenvalue weighted by Crippen LogP contribution is 2.21. The Morgan fingerprint density at radius 3 is 2.00 bits per heavy atom. The van der Waals surface area contributed by atoms with Crippen molar-refractivity contribution in [3.8, 4) is 11.5 Å². The highest BCUT2D eigenvalue weighted by Gasteiger charge is 2.08. The molecule has 3 aromatic carbocycles. The van der Waals surface area contributed by atoms with Crippen molar-refractivity contribution < 1.29 is 9.84 Å². The summed E-state index contributed by atoms with van der Waals surface area (Å²) in [7, 11) is 1.61. The largest absolute Gasteiger partial charge is 0.507 e. The van der Waals surface area contributed by atoms with Crippen molar-refractivity contribution in [3.05, 3.63) is 84.4 Å². The van der Waals surface area contributed by atoms with Gasteiger partial charge in [-0.2, -0.15) is 20.1 Å². The van der Waals surface area contributed by atoms with Crippen molar-refractivity contribution >= 4 is 35.4 Å². The summed E-state index contributed by atoms with van der Waals surface area (Å²) in [5.41, 5.74) is 4.97. The van der Waals surface area contributed by atoms with E-state index in [1.54, 1.807) is 25.3 Å². The zero-order chi connectivity index (χ0) is 22.2. The maximum atomic E-state index is 9.87. The molecule has 0 aliphatic heterocycles. The van der Waals surface area contributed by atoms with Gasteiger partial charge in [-0.05, 0) is 48.5 Å². The number of nitrogens with one attached hydrogen (secondary N) is 3. The topological polar surface area (TPSA) is 117 Å². The molecule has 160 valence electrons. The van der Waals surface area contributed by atoms with E-state index in [1.165, 1.54) is 6.21 Å². The Kier molecular flexibility index (Phi) is 6.37. The number of anilines is 5. The fourth-order valence-corrected chi connectivity index (χ4v) is 2.75. The van der Waals surface area contributed by atoms with Gasteiger partial charge in [0.15, 0.2) is 0 Å². The summed E-state index contributed by atoms with van der Waals surface area (Å²) < 4.78 is 5.19. The number of phenols is 1. The SMILES string of the molecule is COc1ccc(Nc2nc(N/N=C/c3ccccc3O)nc(Nc3ccccc3)n2)cc1. The van der Waals surface area contributed by atoms with Crippen molar-refractivity contribution in [2.45, 2.75) is 0 Å². The molecule has 0 aliphatic carbocycles. The predicted octanol–water partition coefficient (Wildman–Crippen LogP) is 4.52. The van der Waals surface area contributed by atoms with Crippen LogP contribution in [0.5, 0.6) is 11.5 Å². The number of nitrogens with zero attached hydrogens (tertiary/aromatic N) is 4. The van der Waals surface area contributed by atoms with Crippen molar-refractivity contribution in [2.24, 2.45) is 5.10 Å². The molecule has 0 saturated heterocycles. The van der Waals surface area contributed by atoms with Gasteiger partial charge in [-0.25, -0.2) is 5.43 Å². The molecular formula is C23H21N7O2. The molecule has 0 saturated carbocycles. The van der Waals surface area contributed by atoms with E-state index < -0.39 is 0 Å². The molecule has 0 bridgehead atoms. The minimum absolute atomic E-state index is 0.127. The van der Waals surface area contributed by atoms with Crippen molar-refractivity contribution in [1.82, 2.24) is 15.0 Å². The Morgan fingerprint density at radius 1 is 0.750 bits per heavy atom. The number of aromatic hydroxyl groups is 1. The zero-order valence-electron chi connectivity index (χ0n) is 17.2. The summed E-state index contributed by atoms with van der Waals surface area (Å²) in [4.78, 5) is 13.2. The summed E-state index contributed by atoms with van der Waals surface area (Å²) in [5.74, 6) is 1.76. The van der Waals surface area contributed by atoms with E-state index in [4.69, 9.17) is 4.74 Å². The highest BCUT2D eigenvalue weighted by molar-refractivity contribution is 5.83. The molecule has 0 atom stereocenters. The van der Waals surface area contributed by atoms with Gasteiger partial charge in [0.2, 0.25) is 17.8 Å². The van der Waals surface area contributed by atoms with Crippen LogP contribution in [0, 0.1) is 0 Å². The molecule has 0 radical (unpaired) electrons. The van der Waals surface area contributed by atoms with E-state index in [-0.39, 0.29) is 11.7 Å². The molecule has 1 heterocycles. The Bertz CT molecular complexity index is 1200. The third-order valence-corrected chi connectivity index (χ3v) is 4.32. The summed E-state index contributed by atoms with van der Waals surface area (Å²) in [6.45, 7) is 0. The first-order valence-corrected chi connectivity index (χ1v) is 9.76. The molecule has 9 heteroatoms. The molecule has 0 aliphatic rings. The van der Waals surface area contributed by atoms with Gasteiger partial charge in [0.05, 0.1) is 13.3 Å². The number of hydrazone groups is 1. The molecule has 32 heavy (non-hydrogen) atoms. The van der Waals surface area contributed by atoms with Crippen LogP contribution in [0.15, 0.2) is 84.0 Å². The third-order valence-electron chi connectivity index (χ3n) is 4.32. The van der Waals surface area contributed by atoms with Crippen LogP contribution < -0.4 is 20.8 Å². The van der Waals surface area contributed by atoms with E-state index in [1.807, 2.05) is 60.7 Å². The normalized spacial score (nSPS) is 10.7. The first-order chi connectivity index (χ1) is 15.7. The Balaban J connectivity index is 1.58. The average Bonchev–Trinajstić information content (AvgIpc) is 2.81. The molecule has 0 spiro atoms. The molecule has 4 rings (SSSR count). The number of benzene rings is 3. The quantitative estimate of drug-likeness (QED) is 0.240. The van der Waals surface area contributed by atoms with Crippen LogP contribution in [0.25, 0.3) is 0 Å². The number of ether oxygens (including phenoxy) is 1. The maximum absolute atomic E-state index is 9.87. The molecule has 1 aromatic heterocycles. The van der Waals surface area contributed by atoms with Crippen LogP contribution in [-0.4, -0.2) is 33.4 Å². The van der Waals surface area contributed by atoms with Crippen molar-refractivity contribution in [2.75, 3.05) is 23.2 Å². The van der Waals surface area contributed by atoms with Crippen LogP contribution >= 0.6 is 0 Å². The number of hydrogen-bond donors (Lipinski definition) is 4. The Morgan fingerprint density at radius 2 is 1.34 bits per heavy atom. The van der Waals surface area contributed by atoms with E-state index >= 15 is 0 Å². The van der Waals surface area contributed by atoms with Gasteiger partial charge in [-0.15, -0.1) is 0 Å². The molecular weight excluding hydrogens is 406 g/mol. The average molecular weight is 427 g/mol. The van der Waals surface area contributed by atoms with Gasteiger partial charge in [0.1, 0.15) is 11.5 Å². The predicted molar refractivity (Wildman–Crippen MR) is 125 cm³/mol. The Labute approximate surface area is 184 Å². The summed E-state index contributed by atoms with van der Waals surface area (Å²) in [6.07, 6.45) is 1.49. The monoisotopic (exact) mass is 427 g/mol. The van der Waals surface area contributed by atoms with Gasteiger partial charge in [-0.1, -0.05) is 30.3 Å². The van der Waals surface area contributed by atoms with E-state index in [9.17, 15) is 5.11 Å². The van der Waals surface area contributed by atoms with E-state index in [2.05, 4.69) is 36.1 Å². The maximum Gasteiger partial charge on any atom is 0.250 e. The lowest BCUT2D eigenvalue weighted by molar-refractivity contribution is 0.415. The second kappa shape index (κ2) is 9.90. The number of aromatic nitrogens is 3. The van der Waals surface area contributed by atoms with Gasteiger partial charge in [0, 0.05) is 16.9 Å². The minimum Gasteiger partial charge on any atom is -0.507 e. The highest BCUT2D eigenvalue weighted by atomic mass is 16.5. The molecule has 9 nitrogen and oxygen atoms in total. The van der Waals surface area contributed by atoms with Crippen molar-refractivity contribution in [3.63, 3.8) is 0 Å². The first-order valence-electron chi connectivity index (χ1n) is 9.76. The number of phenolic OH excluding ortho intramolecular Hbond substituents is 1. The molecule has 4 N–H and O–H groups in total. The third kappa shape index (κ3) is 5.48. The fraction of sp³-hybridized carbons (Fsp3) is 0.0435. The van der Waals surface area contributed by atoms with E-state index in [0.29, 0.717) is 17.5 Å². The van der Waals surface area contributed by atoms with Gasteiger partial charge in [0.25, 0.3) is 0 Å². The minimum atomic E-state index is 0.127. The molecule has 0 unspecified atom stereocenters.